The zero-order valence-electron chi connectivity index (χ0n) is 16.8. The molecule has 2 atom stereocenters. The zero-order valence-corrected chi connectivity index (χ0v) is 16.8. The van der Waals surface area contributed by atoms with Crippen LogP contribution in [0.15, 0.2) is 60.7 Å². The molecule has 2 unspecified atom stereocenters. The molecule has 5 nitrogen and oxygen atoms in total. The minimum absolute atomic E-state index is 0.0188. The molecule has 0 aromatic heterocycles. The minimum Gasteiger partial charge on any atom is -0.354 e. The third-order valence-corrected chi connectivity index (χ3v) is 6.05. The monoisotopic (exact) mass is 391 g/mol. The van der Waals surface area contributed by atoms with Crippen molar-refractivity contribution in [3.8, 4) is 0 Å². The van der Waals surface area contributed by atoms with E-state index in [1.165, 1.54) is 24.8 Å². The summed E-state index contributed by atoms with van der Waals surface area (Å²) >= 11 is 0. The van der Waals surface area contributed by atoms with Crippen molar-refractivity contribution < 1.29 is 9.59 Å². The van der Waals surface area contributed by atoms with Crippen LogP contribution in [0.5, 0.6) is 0 Å². The molecule has 2 saturated heterocycles. The Balaban J connectivity index is 1.40. The zero-order chi connectivity index (χ0) is 20.1. The highest BCUT2D eigenvalue weighted by Gasteiger charge is 2.35. The lowest BCUT2D eigenvalue weighted by Crippen LogP contribution is -2.42. The van der Waals surface area contributed by atoms with Gasteiger partial charge in [0.05, 0.1) is 12.0 Å². The molecule has 2 fully saturated rings. The number of carbonyl (C=O) groups is 2. The fourth-order valence-electron chi connectivity index (χ4n) is 4.45. The van der Waals surface area contributed by atoms with Crippen LogP contribution >= 0.6 is 0 Å². The first-order valence-electron chi connectivity index (χ1n) is 10.6. The maximum absolute atomic E-state index is 12.9. The number of hydrogen-bond donors (Lipinski definition) is 1. The molecule has 152 valence electrons. The lowest BCUT2D eigenvalue weighted by molar-refractivity contribution is -0.126. The summed E-state index contributed by atoms with van der Waals surface area (Å²) in [7, 11) is 0. The molecule has 2 aromatic rings. The highest BCUT2D eigenvalue weighted by Crippen LogP contribution is 2.26. The summed E-state index contributed by atoms with van der Waals surface area (Å²) in [5, 5.41) is 3.15. The molecule has 2 aromatic carbocycles. The molecule has 0 aliphatic carbocycles. The second-order valence-electron chi connectivity index (χ2n) is 8.01. The summed E-state index contributed by atoms with van der Waals surface area (Å²) in [5.74, 6) is -0.290. The summed E-state index contributed by atoms with van der Waals surface area (Å²) in [4.78, 5) is 29.5. The Bertz CT molecular complexity index is 819. The van der Waals surface area contributed by atoms with Crippen LogP contribution in [0.2, 0.25) is 0 Å². The van der Waals surface area contributed by atoms with Crippen LogP contribution in [-0.2, 0) is 9.59 Å². The number of anilines is 1. The molecule has 29 heavy (non-hydrogen) atoms. The maximum Gasteiger partial charge on any atom is 0.227 e. The van der Waals surface area contributed by atoms with Crippen molar-refractivity contribution in [3.05, 3.63) is 66.2 Å². The third-order valence-electron chi connectivity index (χ3n) is 6.05. The second-order valence-corrected chi connectivity index (χ2v) is 8.01. The number of nitrogens with one attached hydrogen (secondary N) is 1. The first-order chi connectivity index (χ1) is 14.2. The number of hydrogen-bond acceptors (Lipinski definition) is 3. The average molecular weight is 392 g/mol. The summed E-state index contributed by atoms with van der Waals surface area (Å²) in [6.45, 7) is 3.17. The number of nitrogens with zero attached hydrogens (tertiary/aromatic N) is 2. The Hall–Kier alpha value is -2.66. The van der Waals surface area contributed by atoms with Gasteiger partial charge in [0.25, 0.3) is 0 Å². The Morgan fingerprint density at radius 2 is 1.62 bits per heavy atom. The molecule has 2 aliphatic heterocycles. The standard InChI is InChI=1S/C24H29N3O2/c28-23-16-20(18-27(23)21-12-6-2-7-13-21)24(29)25-17-22(19-10-4-1-5-11-19)26-14-8-3-9-15-26/h1-2,4-7,10-13,20,22H,3,8-9,14-18H2,(H,25,29). The number of piperidine rings is 1. The Morgan fingerprint density at radius 3 is 2.31 bits per heavy atom. The van der Waals surface area contributed by atoms with Crippen LogP contribution in [-0.4, -0.2) is 42.9 Å². The quantitative estimate of drug-likeness (QED) is 0.821. The van der Waals surface area contributed by atoms with E-state index in [0.717, 1.165) is 18.8 Å². The van der Waals surface area contributed by atoms with Crippen LogP contribution in [0.25, 0.3) is 0 Å². The highest BCUT2D eigenvalue weighted by atomic mass is 16.2. The molecule has 1 N–H and O–H groups in total. The van der Waals surface area contributed by atoms with Crippen molar-refractivity contribution in [2.75, 3.05) is 31.1 Å². The second kappa shape index (κ2) is 9.23. The first-order valence-corrected chi connectivity index (χ1v) is 10.6. The molecular formula is C24H29N3O2. The van der Waals surface area contributed by atoms with Crippen LogP contribution in [0.4, 0.5) is 5.69 Å². The fourth-order valence-corrected chi connectivity index (χ4v) is 4.45. The molecule has 4 rings (SSSR count). The molecule has 0 spiro atoms. The van der Waals surface area contributed by atoms with E-state index in [-0.39, 0.29) is 30.2 Å². The summed E-state index contributed by atoms with van der Waals surface area (Å²) < 4.78 is 0. The number of amides is 2. The van der Waals surface area contributed by atoms with E-state index in [2.05, 4.69) is 34.5 Å². The molecule has 2 amide bonds. The molecule has 2 aliphatic rings. The molecule has 2 heterocycles. The van der Waals surface area contributed by atoms with Gasteiger partial charge in [-0.15, -0.1) is 0 Å². The largest absolute Gasteiger partial charge is 0.354 e. The predicted octanol–water partition coefficient (Wildman–Crippen LogP) is 3.38. The van der Waals surface area contributed by atoms with Gasteiger partial charge in [-0.25, -0.2) is 0 Å². The van der Waals surface area contributed by atoms with Gasteiger partial charge in [-0.05, 0) is 43.6 Å². The van der Waals surface area contributed by atoms with E-state index < -0.39 is 0 Å². The Kier molecular flexibility index (Phi) is 6.25. The van der Waals surface area contributed by atoms with Gasteiger partial charge in [0.1, 0.15) is 0 Å². The van der Waals surface area contributed by atoms with E-state index in [1.54, 1.807) is 4.90 Å². The van der Waals surface area contributed by atoms with Gasteiger partial charge in [-0.1, -0.05) is 55.0 Å². The van der Waals surface area contributed by atoms with E-state index >= 15 is 0 Å². The average Bonchev–Trinajstić information content (AvgIpc) is 3.18. The minimum atomic E-state index is -0.291. The van der Waals surface area contributed by atoms with Gasteiger partial charge in [0.2, 0.25) is 11.8 Å². The van der Waals surface area contributed by atoms with E-state index in [0.29, 0.717) is 13.1 Å². The highest BCUT2D eigenvalue weighted by molar-refractivity contribution is 6.00. The van der Waals surface area contributed by atoms with E-state index in [4.69, 9.17) is 0 Å². The van der Waals surface area contributed by atoms with Gasteiger partial charge < -0.3 is 10.2 Å². The first kappa shape index (κ1) is 19.6. The molecule has 0 bridgehead atoms. The fraction of sp³-hybridized carbons (Fsp3) is 0.417. The van der Waals surface area contributed by atoms with E-state index in [1.807, 2.05) is 36.4 Å². The number of benzene rings is 2. The smallest absolute Gasteiger partial charge is 0.227 e. The lowest BCUT2D eigenvalue weighted by Gasteiger charge is -2.35. The van der Waals surface area contributed by atoms with Gasteiger partial charge in [-0.2, -0.15) is 0 Å². The van der Waals surface area contributed by atoms with Crippen molar-refractivity contribution in [3.63, 3.8) is 0 Å². The van der Waals surface area contributed by atoms with Crippen molar-refractivity contribution in [2.45, 2.75) is 31.7 Å². The summed E-state index contributed by atoms with van der Waals surface area (Å²) in [6.07, 6.45) is 3.98. The predicted molar refractivity (Wildman–Crippen MR) is 115 cm³/mol. The molecule has 0 saturated carbocycles. The number of likely N-dealkylation sites (tertiary alicyclic amines) is 1. The van der Waals surface area contributed by atoms with Gasteiger partial charge >= 0.3 is 0 Å². The van der Waals surface area contributed by atoms with E-state index in [9.17, 15) is 9.59 Å². The van der Waals surface area contributed by atoms with Crippen LogP contribution in [0.1, 0.15) is 37.3 Å². The molecular weight excluding hydrogens is 362 g/mol. The van der Waals surface area contributed by atoms with Crippen molar-refractivity contribution in [1.82, 2.24) is 10.2 Å². The number of rotatable bonds is 6. The number of para-hydroxylation sites is 1. The van der Waals surface area contributed by atoms with Crippen LogP contribution in [0.3, 0.4) is 0 Å². The van der Waals surface area contributed by atoms with Gasteiger partial charge in [0, 0.05) is 25.2 Å². The number of carbonyl (C=O) groups excluding carboxylic acids is 2. The van der Waals surface area contributed by atoms with Gasteiger partial charge in [-0.3, -0.25) is 14.5 Å². The lowest BCUT2D eigenvalue weighted by atomic mass is 10.0. The summed E-state index contributed by atoms with van der Waals surface area (Å²) in [6, 6.07) is 20.2. The van der Waals surface area contributed by atoms with Crippen LogP contribution < -0.4 is 10.2 Å². The summed E-state index contributed by atoms with van der Waals surface area (Å²) in [5.41, 5.74) is 2.10. The topological polar surface area (TPSA) is 52.7 Å². The molecule has 5 heteroatoms. The van der Waals surface area contributed by atoms with Crippen molar-refractivity contribution in [1.29, 1.82) is 0 Å². The SMILES string of the molecule is O=C(NCC(c1ccccc1)N1CCCCC1)C1CC(=O)N(c2ccccc2)C1. The normalized spacial score (nSPS) is 21.2. The van der Waals surface area contributed by atoms with Gasteiger partial charge in [0.15, 0.2) is 0 Å². The Morgan fingerprint density at radius 1 is 0.966 bits per heavy atom. The van der Waals surface area contributed by atoms with Crippen LogP contribution in [0, 0.1) is 5.92 Å². The maximum atomic E-state index is 12.9. The third kappa shape index (κ3) is 4.67. The van der Waals surface area contributed by atoms with Crippen molar-refractivity contribution >= 4 is 17.5 Å². The molecule has 0 radical (unpaired) electrons. The van der Waals surface area contributed by atoms with Crippen molar-refractivity contribution in [2.24, 2.45) is 5.92 Å². The Labute approximate surface area is 172 Å².